The van der Waals surface area contributed by atoms with Gasteiger partial charge in [-0.15, -0.1) is 0 Å². The van der Waals surface area contributed by atoms with Gasteiger partial charge in [0, 0.05) is 23.8 Å². The largest absolute Gasteiger partial charge is 0.486 e. The number of nitrogens with zero attached hydrogens (tertiary/aromatic N) is 1. The molecule has 9 heteroatoms. The Bertz CT molecular complexity index is 888. The van der Waals surface area contributed by atoms with Crippen LogP contribution in [0.4, 0.5) is 18.9 Å². The molecule has 0 aliphatic carbocycles. The predicted molar refractivity (Wildman–Crippen MR) is 108 cm³/mol. The van der Waals surface area contributed by atoms with Crippen LogP contribution in [0, 0.1) is 0 Å². The Hall–Kier alpha value is -2.29. The van der Waals surface area contributed by atoms with Gasteiger partial charge in [-0.3, -0.25) is 9.69 Å². The van der Waals surface area contributed by atoms with Gasteiger partial charge in [-0.05, 0) is 55.8 Å². The molecular weight excluding hydrogens is 421 g/mol. The van der Waals surface area contributed by atoms with E-state index in [1.54, 1.807) is 31.2 Å². The number of ether oxygens (including phenoxy) is 1. The van der Waals surface area contributed by atoms with Gasteiger partial charge in [-0.25, -0.2) is 0 Å². The maximum absolute atomic E-state index is 12.6. The summed E-state index contributed by atoms with van der Waals surface area (Å²) < 4.78 is 43.8. The fourth-order valence-corrected chi connectivity index (χ4v) is 3.41. The van der Waals surface area contributed by atoms with Crippen molar-refractivity contribution < 1.29 is 27.8 Å². The third-order valence-electron chi connectivity index (χ3n) is 4.99. The van der Waals surface area contributed by atoms with E-state index in [2.05, 4.69) is 5.32 Å². The number of benzene rings is 2. The Balaban J connectivity index is 1.59. The van der Waals surface area contributed by atoms with Gasteiger partial charge in [-0.1, -0.05) is 17.7 Å². The fraction of sp³-hybridized carbons (Fsp3) is 0.381. The van der Waals surface area contributed by atoms with Gasteiger partial charge in [0.25, 0.3) is 0 Å². The summed E-state index contributed by atoms with van der Waals surface area (Å²) in [5, 5.41) is 13.8. The molecule has 2 N–H and O–H groups in total. The molecule has 0 radical (unpaired) electrons. The Labute approximate surface area is 177 Å². The Kier molecular flexibility index (Phi) is 6.59. The number of rotatable bonds is 5. The lowest BCUT2D eigenvalue weighted by atomic mass is 9.90. The molecule has 3 rings (SSSR count). The molecule has 1 heterocycles. The van der Waals surface area contributed by atoms with E-state index in [1.807, 2.05) is 4.90 Å². The highest BCUT2D eigenvalue weighted by atomic mass is 35.5. The Morgan fingerprint density at radius 2 is 2.00 bits per heavy atom. The fourth-order valence-electron chi connectivity index (χ4n) is 3.23. The van der Waals surface area contributed by atoms with E-state index in [0.29, 0.717) is 30.3 Å². The molecule has 1 aliphatic rings. The standard InChI is InChI=1S/C21H22ClF3N2O3/c1-20(29)9-10-27(12-18(20)30-17-4-2-3-15(22)11-17)13-19(28)26-16-7-5-14(6-8-16)21(23,24)25/h2-8,11,18,29H,9-10,12-13H2,1H3,(H,26,28)/t18-,20-/m0/s1. The predicted octanol–water partition coefficient (Wildman–Crippen LogP) is 4.20. The first kappa shape index (κ1) is 22.4. The third-order valence-corrected chi connectivity index (χ3v) is 5.22. The number of carbonyl (C=O) groups is 1. The average Bonchev–Trinajstić information content (AvgIpc) is 2.64. The smallest absolute Gasteiger partial charge is 0.416 e. The molecule has 0 bridgehead atoms. The summed E-state index contributed by atoms with van der Waals surface area (Å²) in [6.45, 7) is 2.48. The molecule has 162 valence electrons. The average molecular weight is 443 g/mol. The van der Waals surface area contributed by atoms with Crippen molar-refractivity contribution in [2.24, 2.45) is 0 Å². The van der Waals surface area contributed by atoms with Gasteiger partial charge >= 0.3 is 6.18 Å². The van der Waals surface area contributed by atoms with Crippen LogP contribution in [0.15, 0.2) is 48.5 Å². The molecule has 1 saturated heterocycles. The number of nitrogens with one attached hydrogen (secondary N) is 1. The van der Waals surface area contributed by atoms with Crippen molar-refractivity contribution in [3.05, 3.63) is 59.1 Å². The lowest BCUT2D eigenvalue weighted by Gasteiger charge is -2.42. The molecule has 0 unspecified atom stereocenters. The Morgan fingerprint density at radius 3 is 2.63 bits per heavy atom. The second-order valence-corrected chi connectivity index (χ2v) is 7.97. The second-order valence-electron chi connectivity index (χ2n) is 7.53. The summed E-state index contributed by atoms with van der Waals surface area (Å²) in [5.41, 5.74) is -1.58. The molecule has 2 atom stereocenters. The zero-order chi connectivity index (χ0) is 21.9. The molecule has 1 fully saturated rings. The van der Waals surface area contributed by atoms with Crippen LogP contribution in [0.1, 0.15) is 18.9 Å². The van der Waals surface area contributed by atoms with E-state index in [9.17, 15) is 23.1 Å². The van der Waals surface area contributed by atoms with Crippen molar-refractivity contribution in [2.75, 3.05) is 25.0 Å². The molecule has 0 saturated carbocycles. The highest BCUT2D eigenvalue weighted by molar-refractivity contribution is 6.30. The summed E-state index contributed by atoms with van der Waals surface area (Å²) in [7, 11) is 0. The molecule has 0 aromatic heterocycles. The summed E-state index contributed by atoms with van der Waals surface area (Å²) >= 11 is 5.97. The first-order chi connectivity index (χ1) is 14.0. The lowest BCUT2D eigenvalue weighted by Crippen LogP contribution is -2.57. The number of halogens is 4. The number of likely N-dealkylation sites (tertiary alicyclic amines) is 1. The maximum Gasteiger partial charge on any atom is 0.416 e. The normalized spacial score (nSPS) is 22.5. The molecule has 1 amide bonds. The molecule has 5 nitrogen and oxygen atoms in total. The minimum Gasteiger partial charge on any atom is -0.486 e. The maximum atomic E-state index is 12.6. The van der Waals surface area contributed by atoms with Crippen LogP contribution in [0.3, 0.4) is 0 Å². The topological polar surface area (TPSA) is 61.8 Å². The number of piperidine rings is 1. The number of hydrogen-bond acceptors (Lipinski definition) is 4. The first-order valence-electron chi connectivity index (χ1n) is 9.37. The number of alkyl halides is 3. The molecule has 30 heavy (non-hydrogen) atoms. The molecule has 2 aromatic rings. The molecule has 2 aromatic carbocycles. The first-order valence-corrected chi connectivity index (χ1v) is 9.75. The van der Waals surface area contributed by atoms with Crippen LogP contribution >= 0.6 is 11.6 Å². The van der Waals surface area contributed by atoms with Crippen LogP contribution < -0.4 is 10.1 Å². The van der Waals surface area contributed by atoms with Crippen LogP contribution in [-0.2, 0) is 11.0 Å². The van der Waals surface area contributed by atoms with E-state index in [0.717, 1.165) is 12.1 Å². The van der Waals surface area contributed by atoms with E-state index in [-0.39, 0.29) is 18.1 Å². The van der Waals surface area contributed by atoms with Crippen molar-refractivity contribution >= 4 is 23.2 Å². The van der Waals surface area contributed by atoms with E-state index >= 15 is 0 Å². The monoisotopic (exact) mass is 442 g/mol. The summed E-state index contributed by atoms with van der Waals surface area (Å²) in [6, 6.07) is 11.1. The van der Waals surface area contributed by atoms with Crippen molar-refractivity contribution in [1.29, 1.82) is 0 Å². The quantitative estimate of drug-likeness (QED) is 0.728. The molecule has 0 spiro atoms. The van der Waals surface area contributed by atoms with Crippen LogP contribution in [0.25, 0.3) is 0 Å². The third kappa shape index (κ3) is 5.87. The van der Waals surface area contributed by atoms with Crippen LogP contribution in [-0.4, -0.2) is 47.3 Å². The SMILES string of the molecule is C[C@]1(O)CCN(CC(=O)Nc2ccc(C(F)(F)F)cc2)C[C@@H]1Oc1cccc(Cl)c1. The number of anilines is 1. The number of aliphatic hydroxyl groups is 1. The minimum atomic E-state index is -4.43. The number of amides is 1. The zero-order valence-corrected chi connectivity index (χ0v) is 17.0. The van der Waals surface area contributed by atoms with Crippen molar-refractivity contribution in [3.63, 3.8) is 0 Å². The Morgan fingerprint density at radius 1 is 1.30 bits per heavy atom. The van der Waals surface area contributed by atoms with E-state index in [4.69, 9.17) is 16.3 Å². The highest BCUT2D eigenvalue weighted by Gasteiger charge is 2.40. The molecule has 1 aliphatic heterocycles. The van der Waals surface area contributed by atoms with Gasteiger partial charge in [-0.2, -0.15) is 13.2 Å². The van der Waals surface area contributed by atoms with Crippen molar-refractivity contribution in [3.8, 4) is 5.75 Å². The van der Waals surface area contributed by atoms with Gasteiger partial charge in [0.1, 0.15) is 17.5 Å². The number of hydrogen-bond donors (Lipinski definition) is 2. The second kappa shape index (κ2) is 8.83. The van der Waals surface area contributed by atoms with Gasteiger partial charge in [0.2, 0.25) is 5.91 Å². The summed E-state index contributed by atoms with van der Waals surface area (Å²) in [4.78, 5) is 14.2. The van der Waals surface area contributed by atoms with E-state index < -0.39 is 23.4 Å². The van der Waals surface area contributed by atoms with Crippen LogP contribution in [0.2, 0.25) is 5.02 Å². The summed E-state index contributed by atoms with van der Waals surface area (Å²) in [5.74, 6) is 0.154. The van der Waals surface area contributed by atoms with Crippen molar-refractivity contribution in [1.82, 2.24) is 4.90 Å². The summed E-state index contributed by atoms with van der Waals surface area (Å²) in [6.07, 6.45) is -4.61. The lowest BCUT2D eigenvalue weighted by molar-refractivity contribution is -0.137. The highest BCUT2D eigenvalue weighted by Crippen LogP contribution is 2.30. The van der Waals surface area contributed by atoms with Gasteiger partial charge in [0.15, 0.2) is 0 Å². The minimum absolute atomic E-state index is 0.0203. The zero-order valence-electron chi connectivity index (χ0n) is 16.2. The molecular formula is C21H22ClF3N2O3. The number of carbonyl (C=O) groups excluding carboxylic acids is 1. The van der Waals surface area contributed by atoms with E-state index in [1.165, 1.54) is 12.1 Å². The van der Waals surface area contributed by atoms with Crippen LogP contribution in [0.5, 0.6) is 5.75 Å². The van der Waals surface area contributed by atoms with Gasteiger partial charge < -0.3 is 15.2 Å². The van der Waals surface area contributed by atoms with Gasteiger partial charge in [0.05, 0.1) is 12.1 Å². The van der Waals surface area contributed by atoms with Crippen molar-refractivity contribution in [2.45, 2.75) is 31.2 Å².